The Morgan fingerprint density at radius 2 is 1.62 bits per heavy atom. The zero-order valence-corrected chi connectivity index (χ0v) is 9.84. The Kier molecular flexibility index (Phi) is 5.39. The molecule has 1 unspecified atom stereocenters. The van der Waals surface area contributed by atoms with Crippen LogP contribution in [0, 0.1) is 0 Å². The lowest BCUT2D eigenvalue weighted by Crippen LogP contribution is -2.37. The van der Waals surface area contributed by atoms with Crippen LogP contribution in [-0.4, -0.2) is 19.0 Å². The molecule has 0 heterocycles. The largest absolute Gasteiger partial charge is 0.309 e. The summed E-state index contributed by atoms with van der Waals surface area (Å²) in [6.45, 7) is 4.49. The summed E-state index contributed by atoms with van der Waals surface area (Å²) in [5, 5.41) is 2.81. The molecule has 0 saturated heterocycles. The molecule has 1 atom stereocenters. The van der Waals surface area contributed by atoms with Gasteiger partial charge in [0.1, 0.15) is 0 Å². The Hall–Kier alpha value is -0.960. The van der Waals surface area contributed by atoms with E-state index < -0.39 is 12.5 Å². The lowest BCUT2D eigenvalue weighted by Gasteiger charge is -2.16. The predicted octanol–water partition coefficient (Wildman–Crippen LogP) is 3.03. The van der Waals surface area contributed by atoms with Crippen LogP contribution in [0.4, 0.5) is 8.78 Å². The Morgan fingerprint density at radius 3 is 2.06 bits per heavy atom. The van der Waals surface area contributed by atoms with E-state index in [0.717, 1.165) is 12.0 Å². The first-order valence-electron chi connectivity index (χ1n) is 5.76. The molecular weight excluding hydrogens is 208 g/mol. The molecule has 0 aliphatic heterocycles. The average Bonchev–Trinajstić information content (AvgIpc) is 2.29. The Bertz CT molecular complexity index is 295. The number of hydrogen-bond acceptors (Lipinski definition) is 1. The van der Waals surface area contributed by atoms with Gasteiger partial charge in [0.25, 0.3) is 6.43 Å². The van der Waals surface area contributed by atoms with Crippen LogP contribution in [-0.2, 0) is 12.8 Å². The van der Waals surface area contributed by atoms with Crippen molar-refractivity contribution in [2.24, 2.45) is 0 Å². The van der Waals surface area contributed by atoms with Crippen LogP contribution in [0.1, 0.15) is 25.0 Å². The first kappa shape index (κ1) is 13.1. The lowest BCUT2D eigenvalue weighted by molar-refractivity contribution is 0.0991. The second-order valence-electron chi connectivity index (χ2n) is 3.87. The number of nitrogens with one attached hydrogen (secondary N) is 1. The maximum atomic E-state index is 12.7. The molecule has 0 saturated carbocycles. The van der Waals surface area contributed by atoms with E-state index in [0.29, 0.717) is 13.0 Å². The van der Waals surface area contributed by atoms with Crippen LogP contribution in [0.3, 0.4) is 0 Å². The highest BCUT2D eigenvalue weighted by Gasteiger charge is 2.19. The summed E-state index contributed by atoms with van der Waals surface area (Å²) in [7, 11) is 0. The number of halogens is 2. The van der Waals surface area contributed by atoms with E-state index in [-0.39, 0.29) is 0 Å². The van der Waals surface area contributed by atoms with Crippen LogP contribution < -0.4 is 5.32 Å². The highest BCUT2D eigenvalue weighted by atomic mass is 19.3. The quantitative estimate of drug-likeness (QED) is 0.787. The third-order valence-electron chi connectivity index (χ3n) is 2.66. The van der Waals surface area contributed by atoms with Gasteiger partial charge in [0.05, 0.1) is 6.04 Å². The van der Waals surface area contributed by atoms with Crippen molar-refractivity contribution in [1.29, 1.82) is 0 Å². The third kappa shape index (κ3) is 3.89. The summed E-state index contributed by atoms with van der Waals surface area (Å²) >= 11 is 0. The third-order valence-corrected chi connectivity index (χ3v) is 2.66. The second kappa shape index (κ2) is 6.59. The topological polar surface area (TPSA) is 12.0 Å². The fraction of sp³-hybridized carbons (Fsp3) is 0.538. The van der Waals surface area contributed by atoms with Crippen molar-refractivity contribution in [3.8, 4) is 0 Å². The van der Waals surface area contributed by atoms with Gasteiger partial charge in [0.15, 0.2) is 0 Å². The summed E-state index contributed by atoms with van der Waals surface area (Å²) < 4.78 is 25.3. The molecule has 1 nitrogen and oxygen atoms in total. The van der Waals surface area contributed by atoms with Crippen molar-refractivity contribution in [3.05, 3.63) is 35.4 Å². The van der Waals surface area contributed by atoms with Crippen LogP contribution in [0.2, 0.25) is 0 Å². The summed E-state index contributed by atoms with van der Waals surface area (Å²) in [6, 6.07) is 7.14. The minimum Gasteiger partial charge on any atom is -0.309 e. The van der Waals surface area contributed by atoms with Crippen molar-refractivity contribution in [1.82, 2.24) is 5.32 Å². The fourth-order valence-corrected chi connectivity index (χ4v) is 1.68. The maximum Gasteiger partial charge on any atom is 0.254 e. The minimum absolute atomic E-state index is 0.384. The van der Waals surface area contributed by atoms with Gasteiger partial charge >= 0.3 is 0 Å². The van der Waals surface area contributed by atoms with Gasteiger partial charge in [-0.2, -0.15) is 0 Å². The number of rotatable bonds is 6. The molecule has 0 aliphatic carbocycles. The number of hydrogen-bond donors (Lipinski definition) is 1. The summed E-state index contributed by atoms with van der Waals surface area (Å²) in [6.07, 6.45) is -0.952. The van der Waals surface area contributed by atoms with E-state index in [1.807, 2.05) is 31.2 Å². The number of aryl methyl sites for hydroxylation is 1. The minimum atomic E-state index is -2.31. The van der Waals surface area contributed by atoms with E-state index in [1.165, 1.54) is 5.56 Å². The van der Waals surface area contributed by atoms with Crippen molar-refractivity contribution >= 4 is 0 Å². The van der Waals surface area contributed by atoms with E-state index in [4.69, 9.17) is 0 Å². The van der Waals surface area contributed by atoms with Crippen molar-refractivity contribution in [2.75, 3.05) is 6.54 Å². The Morgan fingerprint density at radius 1 is 1.06 bits per heavy atom. The maximum absolute atomic E-state index is 12.7. The molecular formula is C13H19F2N. The molecule has 0 spiro atoms. The van der Waals surface area contributed by atoms with Crippen molar-refractivity contribution in [2.45, 2.75) is 39.2 Å². The van der Waals surface area contributed by atoms with Crippen LogP contribution in [0.5, 0.6) is 0 Å². The number of alkyl halides is 2. The van der Waals surface area contributed by atoms with Gasteiger partial charge in [-0.1, -0.05) is 38.1 Å². The molecule has 1 N–H and O–H groups in total. The Balaban J connectivity index is 2.62. The van der Waals surface area contributed by atoms with Crippen LogP contribution in [0.15, 0.2) is 24.3 Å². The van der Waals surface area contributed by atoms with E-state index in [1.54, 1.807) is 0 Å². The standard InChI is InChI=1S/C13H19F2N/c1-3-10-5-7-11(8-6-10)9-12(13(14)15)16-4-2/h5-8,12-13,16H,3-4,9H2,1-2H3. The molecule has 90 valence electrons. The Labute approximate surface area is 95.9 Å². The van der Waals surface area contributed by atoms with Gasteiger partial charge in [-0.15, -0.1) is 0 Å². The zero-order valence-electron chi connectivity index (χ0n) is 9.84. The molecule has 0 amide bonds. The monoisotopic (exact) mass is 227 g/mol. The first-order chi connectivity index (χ1) is 7.67. The average molecular weight is 227 g/mol. The highest BCUT2D eigenvalue weighted by molar-refractivity contribution is 5.23. The van der Waals surface area contributed by atoms with Crippen LogP contribution in [0.25, 0.3) is 0 Å². The van der Waals surface area contributed by atoms with Gasteiger partial charge in [-0.05, 0) is 30.5 Å². The van der Waals surface area contributed by atoms with Gasteiger partial charge in [0.2, 0.25) is 0 Å². The van der Waals surface area contributed by atoms with E-state index in [2.05, 4.69) is 12.2 Å². The zero-order chi connectivity index (χ0) is 12.0. The summed E-state index contributed by atoms with van der Waals surface area (Å²) in [4.78, 5) is 0. The van der Waals surface area contributed by atoms with Gasteiger partial charge in [-0.25, -0.2) is 8.78 Å². The van der Waals surface area contributed by atoms with Crippen molar-refractivity contribution in [3.63, 3.8) is 0 Å². The van der Waals surface area contributed by atoms with Gasteiger partial charge in [0, 0.05) is 0 Å². The molecule has 0 aromatic heterocycles. The molecule has 16 heavy (non-hydrogen) atoms. The highest BCUT2D eigenvalue weighted by Crippen LogP contribution is 2.11. The molecule has 0 bridgehead atoms. The molecule has 3 heteroatoms. The van der Waals surface area contributed by atoms with Crippen LogP contribution >= 0.6 is 0 Å². The normalized spacial score (nSPS) is 13.1. The molecule has 0 fully saturated rings. The smallest absolute Gasteiger partial charge is 0.254 e. The fourth-order valence-electron chi connectivity index (χ4n) is 1.68. The molecule has 1 aromatic carbocycles. The van der Waals surface area contributed by atoms with Crippen molar-refractivity contribution < 1.29 is 8.78 Å². The molecule has 1 rings (SSSR count). The number of likely N-dealkylation sites (N-methyl/N-ethyl adjacent to an activating group) is 1. The first-order valence-corrected chi connectivity index (χ1v) is 5.76. The van der Waals surface area contributed by atoms with E-state index >= 15 is 0 Å². The second-order valence-corrected chi connectivity index (χ2v) is 3.87. The molecule has 1 aromatic rings. The summed E-state index contributed by atoms with van der Waals surface area (Å²) in [5.74, 6) is 0. The predicted molar refractivity (Wildman–Crippen MR) is 63.0 cm³/mol. The molecule has 0 radical (unpaired) electrons. The number of benzene rings is 1. The molecule has 0 aliphatic rings. The van der Waals surface area contributed by atoms with Gasteiger partial charge < -0.3 is 5.32 Å². The SMILES string of the molecule is CCNC(Cc1ccc(CC)cc1)C(F)F. The van der Waals surface area contributed by atoms with E-state index in [9.17, 15) is 8.78 Å². The summed E-state index contributed by atoms with van der Waals surface area (Å²) in [5.41, 5.74) is 2.20. The lowest BCUT2D eigenvalue weighted by atomic mass is 10.0. The van der Waals surface area contributed by atoms with Gasteiger partial charge in [-0.3, -0.25) is 0 Å².